The smallest absolute Gasteiger partial charge is 0.321 e. The molecule has 10 heteroatoms. The molecule has 4 aromatic rings. The van der Waals surface area contributed by atoms with Gasteiger partial charge in [0.1, 0.15) is 0 Å². The number of rotatable bonds is 11. The molecule has 0 fully saturated rings. The second-order valence-electron chi connectivity index (χ2n) is 9.60. The third-order valence-electron chi connectivity index (χ3n) is 6.60. The summed E-state index contributed by atoms with van der Waals surface area (Å²) in [7, 11) is 0. The lowest BCUT2D eigenvalue weighted by atomic mass is 9.80. The van der Waals surface area contributed by atoms with Crippen molar-refractivity contribution >= 4 is 44.3 Å². The number of thiazole rings is 1. The zero-order chi connectivity index (χ0) is 28.0. The number of fused-ring (bicyclic) bond motifs is 1. The van der Waals surface area contributed by atoms with E-state index in [-0.39, 0.29) is 6.03 Å². The van der Waals surface area contributed by atoms with Crippen LogP contribution in [0, 0.1) is 5.41 Å². The second kappa shape index (κ2) is 12.1. The van der Waals surface area contributed by atoms with Gasteiger partial charge in [-0.2, -0.15) is 0 Å². The molecule has 3 N–H and O–H groups in total. The first-order valence-electron chi connectivity index (χ1n) is 12.9. The van der Waals surface area contributed by atoms with E-state index in [9.17, 15) is 14.7 Å². The molecule has 0 radical (unpaired) electrons. The molecule has 0 aliphatic rings. The van der Waals surface area contributed by atoms with E-state index in [1.807, 2.05) is 44.2 Å². The zero-order valence-corrected chi connectivity index (χ0v) is 23.1. The Morgan fingerprint density at radius 3 is 2.54 bits per heavy atom. The van der Waals surface area contributed by atoms with Crippen LogP contribution in [0.25, 0.3) is 38.3 Å². The average Bonchev–Trinajstić information content (AvgIpc) is 3.34. The number of hydrogen-bond donors (Lipinski definition) is 3. The maximum atomic E-state index is 12.1. The van der Waals surface area contributed by atoms with Gasteiger partial charge in [0.15, 0.2) is 5.13 Å². The molecule has 4 rings (SSSR count). The third kappa shape index (κ3) is 6.46. The van der Waals surface area contributed by atoms with Crippen LogP contribution in [0.2, 0.25) is 0 Å². The number of carboxylic acids is 1. The highest BCUT2D eigenvalue weighted by Gasteiger charge is 2.31. The fraction of sp³-hybridized carbons (Fsp3) is 0.310. The first-order valence-corrected chi connectivity index (χ1v) is 13.7. The number of benzene rings is 1. The number of carbonyl (C=O) groups is 2. The lowest BCUT2D eigenvalue weighted by Crippen LogP contribution is -2.28. The number of allylic oxidation sites excluding steroid dienone is 1. The Morgan fingerprint density at radius 2 is 1.90 bits per heavy atom. The second-order valence-corrected chi connectivity index (χ2v) is 10.6. The number of nitrogens with zero attached hydrogens (tertiary/aromatic N) is 4. The minimum Gasteiger partial charge on any atom is -0.481 e. The van der Waals surface area contributed by atoms with Gasteiger partial charge in [0.2, 0.25) is 0 Å². The molecule has 2 amide bonds. The van der Waals surface area contributed by atoms with Crippen molar-refractivity contribution in [3.8, 4) is 22.5 Å². The van der Waals surface area contributed by atoms with Crippen LogP contribution in [0.4, 0.5) is 9.93 Å². The first-order chi connectivity index (χ1) is 18.7. The van der Waals surface area contributed by atoms with Crippen molar-refractivity contribution in [2.24, 2.45) is 5.41 Å². The molecule has 1 aromatic carbocycles. The molecule has 0 bridgehead atoms. The molecule has 0 spiro atoms. The largest absolute Gasteiger partial charge is 0.481 e. The quantitative estimate of drug-likeness (QED) is 0.193. The topological polar surface area (TPSA) is 130 Å². The summed E-state index contributed by atoms with van der Waals surface area (Å²) >= 11 is 1.38. The van der Waals surface area contributed by atoms with Gasteiger partial charge in [0.25, 0.3) is 0 Å². The predicted octanol–water partition coefficient (Wildman–Crippen LogP) is 6.64. The van der Waals surface area contributed by atoms with Crippen LogP contribution in [0.5, 0.6) is 0 Å². The van der Waals surface area contributed by atoms with Gasteiger partial charge in [-0.25, -0.2) is 9.78 Å². The Bertz CT molecular complexity index is 1490. The number of aliphatic carboxylic acids is 1. The first kappa shape index (κ1) is 27.8. The van der Waals surface area contributed by atoms with Crippen LogP contribution >= 0.6 is 11.3 Å². The Hall–Kier alpha value is -4.18. The minimum absolute atomic E-state index is 0.309. The molecule has 202 valence electrons. The van der Waals surface area contributed by atoms with E-state index in [0.717, 1.165) is 33.5 Å². The molecule has 0 saturated heterocycles. The monoisotopic (exact) mass is 544 g/mol. The van der Waals surface area contributed by atoms with Crippen molar-refractivity contribution < 1.29 is 14.7 Å². The van der Waals surface area contributed by atoms with Crippen molar-refractivity contribution in [2.45, 2.75) is 46.5 Å². The van der Waals surface area contributed by atoms with Gasteiger partial charge in [0.05, 0.1) is 45.1 Å². The van der Waals surface area contributed by atoms with Crippen molar-refractivity contribution in [1.29, 1.82) is 0 Å². The van der Waals surface area contributed by atoms with Crippen molar-refractivity contribution in [3.63, 3.8) is 0 Å². The summed E-state index contributed by atoms with van der Waals surface area (Å²) in [5.74, 6) is -0.788. The van der Waals surface area contributed by atoms with Gasteiger partial charge >= 0.3 is 12.0 Å². The average molecular weight is 545 g/mol. The predicted molar refractivity (Wildman–Crippen MR) is 155 cm³/mol. The number of amides is 2. The molecule has 1 unspecified atom stereocenters. The van der Waals surface area contributed by atoms with Crippen molar-refractivity contribution in [1.82, 2.24) is 25.3 Å². The summed E-state index contributed by atoms with van der Waals surface area (Å²) in [6.45, 7) is 10.3. The molecule has 3 heterocycles. The zero-order valence-electron chi connectivity index (χ0n) is 22.3. The summed E-state index contributed by atoms with van der Waals surface area (Å²) in [6.07, 6.45) is 7.51. The summed E-state index contributed by atoms with van der Waals surface area (Å²) in [5, 5.41) is 15.7. The van der Waals surface area contributed by atoms with Crippen molar-refractivity contribution in [2.75, 3.05) is 11.9 Å². The maximum Gasteiger partial charge on any atom is 0.321 e. The Kier molecular flexibility index (Phi) is 8.65. The molecule has 0 saturated carbocycles. The molecule has 9 nitrogen and oxygen atoms in total. The molecular weight excluding hydrogens is 512 g/mol. The number of pyridine rings is 1. The highest BCUT2D eigenvalue weighted by molar-refractivity contribution is 7.22. The number of urea groups is 1. The number of anilines is 1. The number of hydrogen-bond acceptors (Lipinski definition) is 7. The van der Waals surface area contributed by atoms with Crippen LogP contribution in [-0.4, -0.2) is 43.6 Å². The van der Waals surface area contributed by atoms with Gasteiger partial charge in [-0.1, -0.05) is 37.3 Å². The van der Waals surface area contributed by atoms with Crippen LogP contribution in [0.3, 0.4) is 0 Å². The van der Waals surface area contributed by atoms with Crippen LogP contribution in [0.1, 0.15) is 52.1 Å². The highest BCUT2D eigenvalue weighted by atomic mass is 32.1. The van der Waals surface area contributed by atoms with E-state index >= 15 is 0 Å². The standard InChI is InChI=1S/C29H32N6O3S/c1-5-11-29(4,26(36)37)12-10-18(3)23-16-33-24(17-32-23)19-14-20(21-9-7-8-13-31-21)25-22(15-19)34-28(39-25)35-27(38)30-6-2/h7-9,13-17H,3,5-6,10-12H2,1-2,4H3,(H,36,37)(H2,30,34,35,38). The molecule has 1 atom stereocenters. The number of carboxylic acid groups (broad SMARTS) is 1. The van der Waals surface area contributed by atoms with E-state index in [1.54, 1.807) is 25.5 Å². The number of aromatic nitrogens is 4. The van der Waals surface area contributed by atoms with Crippen LogP contribution in [-0.2, 0) is 4.79 Å². The van der Waals surface area contributed by atoms with E-state index < -0.39 is 11.4 Å². The van der Waals surface area contributed by atoms with E-state index in [4.69, 9.17) is 0 Å². The minimum atomic E-state index is -0.791. The molecular formula is C29H32N6O3S. The Balaban J connectivity index is 1.63. The Morgan fingerprint density at radius 1 is 1.08 bits per heavy atom. The van der Waals surface area contributed by atoms with Crippen LogP contribution < -0.4 is 10.6 Å². The normalized spacial score (nSPS) is 12.6. The van der Waals surface area contributed by atoms with Gasteiger partial charge in [-0.05, 0) is 62.9 Å². The van der Waals surface area contributed by atoms with E-state index in [2.05, 4.69) is 37.1 Å². The fourth-order valence-electron chi connectivity index (χ4n) is 4.35. The molecule has 0 aliphatic carbocycles. The van der Waals surface area contributed by atoms with E-state index in [0.29, 0.717) is 47.8 Å². The molecule has 0 aliphatic heterocycles. The van der Waals surface area contributed by atoms with Gasteiger partial charge in [-0.15, -0.1) is 0 Å². The van der Waals surface area contributed by atoms with Gasteiger partial charge in [0, 0.05) is 23.9 Å². The van der Waals surface area contributed by atoms with Gasteiger partial charge < -0.3 is 10.4 Å². The number of carbonyl (C=O) groups excluding carboxylic acids is 1. The third-order valence-corrected chi connectivity index (χ3v) is 7.62. The summed E-state index contributed by atoms with van der Waals surface area (Å²) in [6, 6.07) is 9.32. The van der Waals surface area contributed by atoms with E-state index in [1.165, 1.54) is 11.3 Å². The SMILES string of the molecule is C=C(CCC(C)(CCC)C(=O)O)c1cnc(-c2cc(-c3ccccn3)c3sc(NC(=O)NCC)nc3c2)cn1. The maximum absolute atomic E-state index is 12.1. The Labute approximate surface area is 231 Å². The molecule has 3 aromatic heterocycles. The summed E-state index contributed by atoms with van der Waals surface area (Å²) < 4.78 is 0.899. The number of nitrogens with one attached hydrogen (secondary N) is 2. The highest BCUT2D eigenvalue weighted by Crippen LogP contribution is 2.38. The summed E-state index contributed by atoms with van der Waals surface area (Å²) in [5.41, 5.74) is 4.43. The fourth-order valence-corrected chi connectivity index (χ4v) is 5.32. The van der Waals surface area contributed by atoms with Crippen molar-refractivity contribution in [3.05, 3.63) is 61.2 Å². The van der Waals surface area contributed by atoms with Gasteiger partial charge in [-0.3, -0.25) is 25.1 Å². The summed E-state index contributed by atoms with van der Waals surface area (Å²) in [4.78, 5) is 42.2. The lowest BCUT2D eigenvalue weighted by Gasteiger charge is -2.24. The molecule has 39 heavy (non-hydrogen) atoms. The lowest BCUT2D eigenvalue weighted by molar-refractivity contribution is -0.148. The van der Waals surface area contributed by atoms with Crippen LogP contribution in [0.15, 0.2) is 55.5 Å².